The quantitative estimate of drug-likeness (QED) is 0.941. The first kappa shape index (κ1) is 14.6. The van der Waals surface area contributed by atoms with E-state index in [9.17, 15) is 4.39 Å². The van der Waals surface area contributed by atoms with Crippen molar-refractivity contribution < 1.29 is 13.9 Å². The average molecular weight is 303 g/mol. The Kier molecular flexibility index (Phi) is 4.37. The van der Waals surface area contributed by atoms with Crippen LogP contribution < -0.4 is 14.8 Å². The summed E-state index contributed by atoms with van der Waals surface area (Å²) >= 11 is 0. The zero-order chi connectivity index (χ0) is 15.4. The Labute approximate surface area is 128 Å². The topological polar surface area (TPSA) is 56.3 Å². The summed E-state index contributed by atoms with van der Waals surface area (Å²) in [5, 5.41) is 3.15. The second-order valence-electron chi connectivity index (χ2n) is 5.25. The fourth-order valence-corrected chi connectivity index (χ4v) is 2.55. The lowest BCUT2D eigenvalue weighted by Gasteiger charge is -2.14. The predicted molar refractivity (Wildman–Crippen MR) is 80.8 cm³/mol. The van der Waals surface area contributed by atoms with Gasteiger partial charge in [0.05, 0.1) is 19.9 Å². The summed E-state index contributed by atoms with van der Waals surface area (Å²) in [6.45, 7) is 1.39. The van der Waals surface area contributed by atoms with Crippen molar-refractivity contribution in [1.29, 1.82) is 0 Å². The summed E-state index contributed by atoms with van der Waals surface area (Å²) in [7, 11) is 1.38. The first-order valence-corrected chi connectivity index (χ1v) is 7.27. The highest BCUT2D eigenvalue weighted by molar-refractivity contribution is 5.35. The second-order valence-corrected chi connectivity index (χ2v) is 5.25. The first-order chi connectivity index (χ1) is 10.8. The maximum atomic E-state index is 13.3. The number of nitrogens with zero attached hydrogens (tertiary/aromatic N) is 2. The van der Waals surface area contributed by atoms with E-state index in [1.54, 1.807) is 0 Å². The van der Waals surface area contributed by atoms with E-state index in [0.29, 0.717) is 25.0 Å². The third-order valence-electron chi connectivity index (χ3n) is 3.72. The van der Waals surface area contributed by atoms with Gasteiger partial charge in [-0.3, -0.25) is 0 Å². The van der Waals surface area contributed by atoms with Crippen molar-refractivity contribution in [2.45, 2.75) is 12.8 Å². The summed E-state index contributed by atoms with van der Waals surface area (Å²) in [5.74, 6) is 1.13. The minimum Gasteiger partial charge on any atom is -0.493 e. The Morgan fingerprint density at radius 1 is 1.41 bits per heavy atom. The van der Waals surface area contributed by atoms with Gasteiger partial charge in [-0.2, -0.15) is 9.37 Å². The number of halogens is 1. The molecule has 1 atom stereocenters. The molecule has 0 unspecified atom stereocenters. The minimum absolute atomic E-state index is 0.0490. The highest BCUT2D eigenvalue weighted by Crippen LogP contribution is 2.26. The van der Waals surface area contributed by atoms with E-state index in [0.717, 1.165) is 24.8 Å². The molecule has 0 radical (unpaired) electrons. The molecular weight excluding hydrogens is 285 g/mol. The van der Waals surface area contributed by atoms with Crippen LogP contribution in [-0.4, -0.2) is 30.2 Å². The number of fused-ring (bicyclic) bond motifs is 1. The molecular formula is C16H18FN3O2. The van der Waals surface area contributed by atoms with E-state index >= 15 is 0 Å². The summed E-state index contributed by atoms with van der Waals surface area (Å²) in [4.78, 5) is 7.92. The minimum atomic E-state index is -0.565. The zero-order valence-corrected chi connectivity index (χ0v) is 12.4. The molecule has 1 N–H and O–H groups in total. The van der Waals surface area contributed by atoms with Gasteiger partial charge < -0.3 is 14.8 Å². The summed E-state index contributed by atoms with van der Waals surface area (Å²) in [5.41, 5.74) is 1.21. The number of benzene rings is 1. The number of nitrogens with one attached hydrogen (secondary N) is 1. The number of anilines is 1. The van der Waals surface area contributed by atoms with E-state index < -0.39 is 5.82 Å². The monoisotopic (exact) mass is 303 g/mol. The standard InChI is InChI=1S/C16H18FN3O2/c1-21-15-13(17)10-19-16(20-15)18-9-11-6-7-22-14-5-3-2-4-12(14)8-11/h2-5,10-11H,6-9H2,1H3,(H,18,19,20)/t11-/m1/s1. The van der Waals surface area contributed by atoms with Crippen LogP contribution in [0.5, 0.6) is 11.6 Å². The maximum absolute atomic E-state index is 13.3. The average Bonchev–Trinajstić information content (AvgIpc) is 2.76. The largest absolute Gasteiger partial charge is 0.493 e. The maximum Gasteiger partial charge on any atom is 0.255 e. The third kappa shape index (κ3) is 3.27. The number of hydrogen-bond donors (Lipinski definition) is 1. The molecule has 2 aromatic rings. The van der Waals surface area contributed by atoms with Crippen LogP contribution >= 0.6 is 0 Å². The van der Waals surface area contributed by atoms with Crippen molar-refractivity contribution >= 4 is 5.95 Å². The van der Waals surface area contributed by atoms with Crippen molar-refractivity contribution in [3.63, 3.8) is 0 Å². The van der Waals surface area contributed by atoms with Crippen molar-refractivity contribution in [1.82, 2.24) is 9.97 Å². The van der Waals surface area contributed by atoms with Gasteiger partial charge in [0.25, 0.3) is 5.88 Å². The number of rotatable bonds is 4. The number of hydrogen-bond acceptors (Lipinski definition) is 5. The lowest BCUT2D eigenvalue weighted by molar-refractivity contribution is 0.298. The Bertz CT molecular complexity index is 651. The van der Waals surface area contributed by atoms with Gasteiger partial charge in [-0.15, -0.1) is 0 Å². The molecule has 1 aromatic heterocycles. The van der Waals surface area contributed by atoms with Crippen LogP contribution in [-0.2, 0) is 6.42 Å². The molecule has 0 saturated carbocycles. The van der Waals surface area contributed by atoms with E-state index in [-0.39, 0.29) is 5.88 Å². The van der Waals surface area contributed by atoms with Crippen molar-refractivity contribution in [3.8, 4) is 11.6 Å². The van der Waals surface area contributed by atoms with Crippen LogP contribution in [0.1, 0.15) is 12.0 Å². The Hall–Kier alpha value is -2.37. The van der Waals surface area contributed by atoms with E-state index in [4.69, 9.17) is 9.47 Å². The SMILES string of the molecule is COc1nc(NC[C@@H]2CCOc3ccccc3C2)ncc1F. The molecule has 5 nitrogen and oxygen atoms in total. The first-order valence-electron chi connectivity index (χ1n) is 7.27. The summed E-state index contributed by atoms with van der Waals surface area (Å²) < 4.78 is 23.9. The lowest BCUT2D eigenvalue weighted by atomic mass is 9.97. The molecule has 3 rings (SSSR count). The molecule has 0 saturated heterocycles. The smallest absolute Gasteiger partial charge is 0.255 e. The molecule has 1 aromatic carbocycles. The molecule has 2 heterocycles. The molecule has 0 spiro atoms. The molecule has 0 bridgehead atoms. The highest BCUT2D eigenvalue weighted by atomic mass is 19.1. The van der Waals surface area contributed by atoms with Gasteiger partial charge in [-0.25, -0.2) is 4.98 Å². The van der Waals surface area contributed by atoms with Crippen molar-refractivity contribution in [2.24, 2.45) is 5.92 Å². The predicted octanol–water partition coefficient (Wildman–Crippen LogP) is 2.68. The fraction of sp³-hybridized carbons (Fsp3) is 0.375. The Morgan fingerprint density at radius 2 is 2.27 bits per heavy atom. The molecule has 1 aliphatic rings. The van der Waals surface area contributed by atoms with Crippen LogP contribution in [0.4, 0.5) is 10.3 Å². The summed E-state index contributed by atoms with van der Waals surface area (Å²) in [6.07, 6.45) is 2.99. The van der Waals surface area contributed by atoms with Gasteiger partial charge in [0.15, 0.2) is 0 Å². The zero-order valence-electron chi connectivity index (χ0n) is 12.4. The fourth-order valence-electron chi connectivity index (χ4n) is 2.55. The number of methoxy groups -OCH3 is 1. The molecule has 116 valence electrons. The number of aromatic nitrogens is 2. The van der Waals surface area contributed by atoms with Gasteiger partial charge >= 0.3 is 0 Å². The van der Waals surface area contributed by atoms with Crippen LogP contribution in [0.15, 0.2) is 30.5 Å². The van der Waals surface area contributed by atoms with Crippen LogP contribution in [0, 0.1) is 11.7 Å². The van der Waals surface area contributed by atoms with E-state index in [2.05, 4.69) is 21.4 Å². The molecule has 1 aliphatic heterocycles. The van der Waals surface area contributed by atoms with E-state index in [1.165, 1.54) is 12.7 Å². The lowest BCUT2D eigenvalue weighted by Crippen LogP contribution is -2.18. The third-order valence-corrected chi connectivity index (χ3v) is 3.72. The van der Waals surface area contributed by atoms with Gasteiger partial charge in [-0.1, -0.05) is 18.2 Å². The highest BCUT2D eigenvalue weighted by Gasteiger charge is 2.17. The number of para-hydroxylation sites is 1. The second kappa shape index (κ2) is 6.60. The molecule has 6 heteroatoms. The van der Waals surface area contributed by atoms with Crippen molar-refractivity contribution in [3.05, 3.63) is 41.8 Å². The van der Waals surface area contributed by atoms with Crippen molar-refractivity contribution in [2.75, 3.05) is 25.6 Å². The van der Waals surface area contributed by atoms with Gasteiger partial charge in [-0.05, 0) is 30.4 Å². The van der Waals surface area contributed by atoms with E-state index in [1.807, 2.05) is 18.2 Å². The number of ether oxygens (including phenoxy) is 2. The van der Waals surface area contributed by atoms with Crippen LogP contribution in [0.2, 0.25) is 0 Å². The van der Waals surface area contributed by atoms with Gasteiger partial charge in [0.1, 0.15) is 5.75 Å². The normalized spacial score (nSPS) is 17.1. The Morgan fingerprint density at radius 3 is 3.14 bits per heavy atom. The summed E-state index contributed by atoms with van der Waals surface area (Å²) in [6, 6.07) is 8.09. The molecule has 0 fully saturated rings. The molecule has 22 heavy (non-hydrogen) atoms. The molecule has 0 amide bonds. The van der Waals surface area contributed by atoms with Gasteiger partial charge in [0.2, 0.25) is 11.8 Å². The molecule has 0 aliphatic carbocycles. The van der Waals surface area contributed by atoms with Gasteiger partial charge in [0, 0.05) is 6.54 Å². The van der Waals surface area contributed by atoms with Crippen LogP contribution in [0.25, 0.3) is 0 Å². The van der Waals surface area contributed by atoms with Crippen LogP contribution in [0.3, 0.4) is 0 Å². The Balaban J connectivity index is 1.64.